The number of amides is 2. The van der Waals surface area contributed by atoms with Crippen molar-refractivity contribution in [2.24, 2.45) is 17.8 Å². The van der Waals surface area contributed by atoms with Crippen LogP contribution in [0.15, 0.2) is 41.0 Å². The lowest BCUT2D eigenvalue weighted by Gasteiger charge is -2.36. The second-order valence-corrected chi connectivity index (χ2v) is 8.46. The predicted octanol–water partition coefficient (Wildman–Crippen LogP) is 2.12. The van der Waals surface area contributed by atoms with Gasteiger partial charge in [-0.1, -0.05) is 29.8 Å². The molecule has 2 aliphatic rings. The third kappa shape index (κ3) is 4.59. The fourth-order valence-corrected chi connectivity index (χ4v) is 4.89. The summed E-state index contributed by atoms with van der Waals surface area (Å²) in [6.45, 7) is 1.85. The van der Waals surface area contributed by atoms with Crippen LogP contribution in [0.25, 0.3) is 6.08 Å². The summed E-state index contributed by atoms with van der Waals surface area (Å²) in [5.41, 5.74) is 3.10. The molecule has 0 aromatic heterocycles. The fraction of sp³-hybridized carbons (Fsp3) is 0.500. The Morgan fingerprint density at radius 3 is 2.65 bits per heavy atom. The molecule has 1 saturated heterocycles. The second-order valence-electron chi connectivity index (χ2n) is 8.46. The van der Waals surface area contributed by atoms with E-state index in [9.17, 15) is 24.9 Å². The van der Waals surface area contributed by atoms with Crippen molar-refractivity contribution in [3.63, 3.8) is 0 Å². The zero-order chi connectivity index (χ0) is 22.7. The molecule has 3 rings (SSSR count). The van der Waals surface area contributed by atoms with Gasteiger partial charge in [-0.25, -0.2) is 0 Å². The first-order valence-corrected chi connectivity index (χ1v) is 10.6. The summed E-state index contributed by atoms with van der Waals surface area (Å²) < 4.78 is 5.31. The van der Waals surface area contributed by atoms with E-state index >= 15 is 0 Å². The van der Waals surface area contributed by atoms with Gasteiger partial charge >= 0.3 is 0 Å². The number of rotatable bonds is 8. The summed E-state index contributed by atoms with van der Waals surface area (Å²) in [7, 11) is 3.01. The topological polar surface area (TPSA) is 107 Å². The molecule has 2 amide bonds. The third-order valence-electron chi connectivity index (χ3n) is 6.43. The maximum atomic E-state index is 12.7. The van der Waals surface area contributed by atoms with Crippen LogP contribution in [-0.4, -0.2) is 65.5 Å². The van der Waals surface area contributed by atoms with Crippen molar-refractivity contribution >= 4 is 17.9 Å². The van der Waals surface area contributed by atoms with Crippen LogP contribution in [0.3, 0.4) is 0 Å². The van der Waals surface area contributed by atoms with Crippen LogP contribution < -0.4 is 0 Å². The maximum Gasteiger partial charge on any atom is 0.233 e. The Balaban J connectivity index is 1.83. The summed E-state index contributed by atoms with van der Waals surface area (Å²) in [4.78, 5) is 26.3. The maximum absolute atomic E-state index is 12.7. The molecule has 7 nitrogen and oxygen atoms in total. The van der Waals surface area contributed by atoms with E-state index in [1.807, 2.05) is 25.1 Å². The minimum absolute atomic E-state index is 0.194. The monoisotopic (exact) mass is 429 g/mol. The summed E-state index contributed by atoms with van der Waals surface area (Å²) >= 11 is 0. The molecule has 1 aromatic rings. The van der Waals surface area contributed by atoms with Crippen LogP contribution in [0.4, 0.5) is 0 Å². The molecule has 0 saturated carbocycles. The van der Waals surface area contributed by atoms with Crippen molar-refractivity contribution in [1.82, 2.24) is 4.90 Å². The van der Waals surface area contributed by atoms with E-state index in [1.165, 1.54) is 7.05 Å². The highest BCUT2D eigenvalue weighted by Crippen LogP contribution is 2.45. The molecule has 0 unspecified atom stereocenters. The molecule has 0 bridgehead atoms. The van der Waals surface area contributed by atoms with Gasteiger partial charge in [-0.15, -0.1) is 0 Å². The highest BCUT2D eigenvalue weighted by Gasteiger charge is 2.53. The zero-order valence-corrected chi connectivity index (χ0v) is 18.2. The van der Waals surface area contributed by atoms with E-state index in [4.69, 9.17) is 4.74 Å². The molecule has 0 spiro atoms. The van der Waals surface area contributed by atoms with Crippen LogP contribution in [0, 0.1) is 17.8 Å². The van der Waals surface area contributed by atoms with Crippen LogP contribution >= 0.6 is 0 Å². The van der Waals surface area contributed by atoms with Gasteiger partial charge in [0.2, 0.25) is 11.8 Å². The summed E-state index contributed by atoms with van der Waals surface area (Å²) in [5.74, 6) is -2.12. The van der Waals surface area contributed by atoms with Crippen molar-refractivity contribution < 1.29 is 29.6 Å². The van der Waals surface area contributed by atoms with Crippen molar-refractivity contribution in [3.8, 4) is 5.75 Å². The van der Waals surface area contributed by atoms with Gasteiger partial charge in [0.25, 0.3) is 0 Å². The summed E-state index contributed by atoms with van der Waals surface area (Å²) in [6.07, 6.45) is 2.32. The Morgan fingerprint density at radius 2 is 2.00 bits per heavy atom. The molecule has 0 radical (unpaired) electrons. The number of allylic oxidation sites excluding steroid dienone is 1. The molecule has 1 fully saturated rings. The van der Waals surface area contributed by atoms with Gasteiger partial charge in [0.05, 0.1) is 31.2 Å². The molecular weight excluding hydrogens is 398 g/mol. The SMILES string of the molecule is COCC1=C([C@H](O)CC/C(C)=C/c2ccccc2O)[C@H](CO)[C@@H]2C(=O)N(C)C(=O)[C@@H]2C1. The molecule has 7 heteroatoms. The van der Waals surface area contributed by atoms with Crippen molar-refractivity contribution in [1.29, 1.82) is 0 Å². The highest BCUT2D eigenvalue weighted by atomic mass is 16.5. The normalized spacial score (nSPS) is 25.3. The zero-order valence-electron chi connectivity index (χ0n) is 18.2. The predicted molar refractivity (Wildman–Crippen MR) is 116 cm³/mol. The lowest BCUT2D eigenvalue weighted by molar-refractivity contribution is -0.138. The highest BCUT2D eigenvalue weighted by molar-refractivity contribution is 6.05. The van der Waals surface area contributed by atoms with Crippen molar-refractivity contribution in [2.45, 2.75) is 32.3 Å². The Kier molecular flexibility index (Phi) is 7.30. The van der Waals surface area contributed by atoms with E-state index in [1.54, 1.807) is 19.2 Å². The molecule has 31 heavy (non-hydrogen) atoms. The standard InChI is InChI=1S/C24H31NO6/c1-14(10-15-6-4-5-7-19(15)27)8-9-20(28)21-16(13-31-3)11-17-22(18(21)12-26)24(30)25(2)23(17)29/h4-7,10,17-18,20,22,26-28H,8-9,11-13H2,1-3H3/b14-10+/t17-,18+,20-,22-/m1/s1. The number of para-hydroxylation sites is 1. The summed E-state index contributed by atoms with van der Waals surface area (Å²) in [5, 5.41) is 31.1. The first-order valence-electron chi connectivity index (χ1n) is 10.6. The third-order valence-corrected chi connectivity index (χ3v) is 6.43. The van der Waals surface area contributed by atoms with Crippen LogP contribution in [0.2, 0.25) is 0 Å². The number of benzene rings is 1. The number of phenols is 1. The lowest BCUT2D eigenvalue weighted by atomic mass is 9.68. The van der Waals surface area contributed by atoms with E-state index in [2.05, 4.69) is 0 Å². The smallest absolute Gasteiger partial charge is 0.233 e. The van der Waals surface area contributed by atoms with Crippen LogP contribution in [0.5, 0.6) is 5.75 Å². The second kappa shape index (κ2) is 9.77. The van der Waals surface area contributed by atoms with Gasteiger partial charge in [0, 0.05) is 25.6 Å². The molecular formula is C24H31NO6. The number of hydrogen-bond donors (Lipinski definition) is 3. The van der Waals surface area contributed by atoms with Gasteiger partial charge in [0.1, 0.15) is 5.75 Å². The lowest BCUT2D eigenvalue weighted by Crippen LogP contribution is -2.39. The molecule has 1 aliphatic carbocycles. The number of nitrogens with zero attached hydrogens (tertiary/aromatic N) is 1. The Labute approximate surface area is 182 Å². The Morgan fingerprint density at radius 1 is 1.29 bits per heavy atom. The molecule has 3 N–H and O–H groups in total. The largest absolute Gasteiger partial charge is 0.507 e. The number of fused-ring (bicyclic) bond motifs is 1. The Bertz CT molecular complexity index is 905. The van der Waals surface area contributed by atoms with Crippen molar-refractivity contribution in [2.75, 3.05) is 27.4 Å². The van der Waals surface area contributed by atoms with E-state index < -0.39 is 23.9 Å². The molecule has 1 aliphatic heterocycles. The van der Waals surface area contributed by atoms with E-state index in [-0.39, 0.29) is 30.8 Å². The van der Waals surface area contributed by atoms with E-state index in [0.717, 1.165) is 16.0 Å². The number of likely N-dealkylation sites (tertiary alicyclic amines) is 1. The van der Waals surface area contributed by atoms with Gasteiger partial charge in [-0.05, 0) is 43.4 Å². The van der Waals surface area contributed by atoms with Gasteiger partial charge in [-0.2, -0.15) is 0 Å². The minimum atomic E-state index is -0.871. The average Bonchev–Trinajstić information content (AvgIpc) is 2.97. The molecule has 1 heterocycles. The number of aromatic hydroxyl groups is 1. The van der Waals surface area contributed by atoms with Gasteiger partial charge < -0.3 is 20.1 Å². The number of imide groups is 1. The number of hydrogen-bond acceptors (Lipinski definition) is 6. The fourth-order valence-electron chi connectivity index (χ4n) is 4.89. The molecule has 4 atom stereocenters. The number of ether oxygens (including phenoxy) is 1. The van der Waals surface area contributed by atoms with E-state index in [0.29, 0.717) is 30.4 Å². The van der Waals surface area contributed by atoms with Crippen molar-refractivity contribution in [3.05, 3.63) is 46.5 Å². The van der Waals surface area contributed by atoms with Gasteiger partial charge in [-0.3, -0.25) is 14.5 Å². The number of carbonyl (C=O) groups is 2. The number of carbonyl (C=O) groups excluding carboxylic acids is 2. The Hall–Kier alpha value is -2.48. The summed E-state index contributed by atoms with van der Waals surface area (Å²) in [6, 6.07) is 7.04. The minimum Gasteiger partial charge on any atom is -0.507 e. The molecule has 168 valence electrons. The number of aliphatic hydroxyl groups excluding tert-OH is 2. The first kappa shape index (κ1) is 23.2. The number of aliphatic hydroxyl groups is 2. The van der Waals surface area contributed by atoms with Crippen LogP contribution in [-0.2, 0) is 14.3 Å². The average molecular weight is 430 g/mol. The molecule has 1 aromatic carbocycles. The quantitative estimate of drug-likeness (QED) is 0.432. The van der Waals surface area contributed by atoms with Gasteiger partial charge in [0.15, 0.2) is 0 Å². The first-order chi connectivity index (χ1) is 14.8. The number of phenolic OH excluding ortho intramolecular Hbond substituents is 1. The van der Waals surface area contributed by atoms with Crippen LogP contribution in [0.1, 0.15) is 31.7 Å². The number of methoxy groups -OCH3 is 1.